The van der Waals surface area contributed by atoms with Crippen LogP contribution in [0.2, 0.25) is 10.0 Å². The molecular formula is C19H14Cl2N2O5. The molecule has 0 radical (unpaired) electrons. The number of hydrogen-bond donors (Lipinski definition) is 1. The van der Waals surface area contributed by atoms with E-state index in [1.54, 1.807) is 12.1 Å². The second kappa shape index (κ2) is 8.00. The third-order valence-corrected chi connectivity index (χ3v) is 4.84. The van der Waals surface area contributed by atoms with Gasteiger partial charge in [-0.15, -0.1) is 0 Å². The van der Waals surface area contributed by atoms with Crippen molar-refractivity contribution in [3.63, 3.8) is 0 Å². The fourth-order valence-electron chi connectivity index (χ4n) is 2.69. The highest BCUT2D eigenvalue weighted by Gasteiger charge is 2.41. The smallest absolute Gasteiger partial charge is 0.329 e. The van der Waals surface area contributed by atoms with Crippen molar-refractivity contribution in [2.75, 3.05) is 11.9 Å². The number of rotatable bonds is 5. The molecule has 0 aromatic heterocycles. The maximum absolute atomic E-state index is 12.4. The monoisotopic (exact) mass is 420 g/mol. The van der Waals surface area contributed by atoms with Crippen LogP contribution < -0.4 is 5.32 Å². The highest BCUT2D eigenvalue weighted by atomic mass is 35.5. The number of esters is 1. The van der Waals surface area contributed by atoms with Gasteiger partial charge in [-0.25, -0.2) is 4.79 Å². The van der Waals surface area contributed by atoms with Gasteiger partial charge in [-0.05, 0) is 37.3 Å². The third-order valence-electron chi connectivity index (χ3n) is 4.10. The lowest BCUT2D eigenvalue weighted by molar-refractivity contribution is -0.150. The molecule has 0 spiro atoms. The summed E-state index contributed by atoms with van der Waals surface area (Å²) in [6.07, 6.45) is 0. The molecule has 2 aromatic carbocycles. The number of anilines is 1. The highest BCUT2D eigenvalue weighted by Crippen LogP contribution is 2.26. The molecule has 144 valence electrons. The number of nitrogens with zero attached hydrogens (tertiary/aromatic N) is 1. The van der Waals surface area contributed by atoms with Crippen LogP contribution in [-0.4, -0.2) is 41.2 Å². The molecule has 3 amide bonds. The molecule has 0 saturated carbocycles. The zero-order valence-electron chi connectivity index (χ0n) is 14.6. The van der Waals surface area contributed by atoms with Crippen molar-refractivity contribution in [3.8, 4) is 0 Å². The molecule has 0 fully saturated rings. The van der Waals surface area contributed by atoms with Crippen LogP contribution in [0.4, 0.5) is 5.69 Å². The van der Waals surface area contributed by atoms with Crippen molar-refractivity contribution in [2.45, 2.75) is 13.0 Å². The molecule has 9 heteroatoms. The van der Waals surface area contributed by atoms with Gasteiger partial charge in [0.2, 0.25) is 0 Å². The lowest BCUT2D eigenvalue weighted by Crippen LogP contribution is -2.44. The lowest BCUT2D eigenvalue weighted by atomic mass is 10.1. The molecule has 1 N–H and O–H groups in total. The average molecular weight is 421 g/mol. The zero-order valence-corrected chi connectivity index (χ0v) is 16.1. The summed E-state index contributed by atoms with van der Waals surface area (Å²) in [4.78, 5) is 49.8. The average Bonchev–Trinajstić information content (AvgIpc) is 2.93. The Morgan fingerprint density at radius 3 is 2.21 bits per heavy atom. The summed E-state index contributed by atoms with van der Waals surface area (Å²) >= 11 is 11.7. The van der Waals surface area contributed by atoms with E-state index in [1.807, 2.05) is 0 Å². The minimum Gasteiger partial charge on any atom is -0.454 e. The fourth-order valence-corrected chi connectivity index (χ4v) is 2.99. The fraction of sp³-hybridized carbons (Fsp3) is 0.158. The Balaban J connectivity index is 1.59. The van der Waals surface area contributed by atoms with E-state index in [1.165, 1.54) is 37.3 Å². The molecule has 0 aliphatic carbocycles. The van der Waals surface area contributed by atoms with Crippen molar-refractivity contribution in [1.29, 1.82) is 0 Å². The Morgan fingerprint density at radius 2 is 1.64 bits per heavy atom. The Bertz CT molecular complexity index is 957. The second-order valence-corrected chi connectivity index (χ2v) is 6.80. The van der Waals surface area contributed by atoms with Gasteiger partial charge in [0.15, 0.2) is 6.61 Å². The van der Waals surface area contributed by atoms with Gasteiger partial charge < -0.3 is 10.1 Å². The standard InChI is InChI=1S/C19H14Cl2N2O5/c1-10(23-17(25)12-4-2-3-5-13(12)18(23)26)19(27)28-9-16(24)22-11-6-7-14(20)15(21)8-11/h2-8,10H,9H2,1H3,(H,22,24)/t10-/m0/s1. The molecule has 0 bridgehead atoms. The van der Waals surface area contributed by atoms with Crippen molar-refractivity contribution >= 4 is 52.6 Å². The van der Waals surface area contributed by atoms with Crippen LogP contribution >= 0.6 is 23.2 Å². The van der Waals surface area contributed by atoms with Crippen LogP contribution in [0.1, 0.15) is 27.6 Å². The van der Waals surface area contributed by atoms with Crippen LogP contribution in [0.25, 0.3) is 0 Å². The molecular weight excluding hydrogens is 407 g/mol. The molecule has 0 unspecified atom stereocenters. The number of amides is 3. The zero-order chi connectivity index (χ0) is 20.4. The molecule has 28 heavy (non-hydrogen) atoms. The highest BCUT2D eigenvalue weighted by molar-refractivity contribution is 6.42. The second-order valence-electron chi connectivity index (χ2n) is 5.99. The van der Waals surface area contributed by atoms with E-state index < -0.39 is 36.3 Å². The quantitative estimate of drug-likeness (QED) is 0.592. The molecule has 1 aliphatic rings. The first kappa shape index (κ1) is 19.9. The van der Waals surface area contributed by atoms with E-state index in [0.29, 0.717) is 10.7 Å². The third kappa shape index (κ3) is 3.85. The number of carbonyl (C=O) groups excluding carboxylic acids is 4. The minimum absolute atomic E-state index is 0.226. The first-order valence-corrected chi connectivity index (χ1v) is 8.93. The molecule has 1 atom stereocenters. The molecule has 1 aliphatic heterocycles. The summed E-state index contributed by atoms with van der Waals surface area (Å²) in [6, 6.07) is 9.60. The summed E-state index contributed by atoms with van der Waals surface area (Å²) in [5, 5.41) is 3.09. The van der Waals surface area contributed by atoms with Crippen molar-refractivity contribution in [1.82, 2.24) is 4.90 Å². The first-order valence-electron chi connectivity index (χ1n) is 8.18. The van der Waals surface area contributed by atoms with Gasteiger partial charge >= 0.3 is 5.97 Å². The van der Waals surface area contributed by atoms with Crippen LogP contribution in [0.3, 0.4) is 0 Å². The summed E-state index contributed by atoms with van der Waals surface area (Å²) in [6.45, 7) is 0.771. The number of benzene rings is 2. The molecule has 0 saturated heterocycles. The number of fused-ring (bicyclic) bond motifs is 1. The minimum atomic E-state index is -1.18. The van der Waals surface area contributed by atoms with Crippen LogP contribution in [-0.2, 0) is 14.3 Å². The van der Waals surface area contributed by atoms with Crippen LogP contribution in [0.5, 0.6) is 0 Å². The predicted octanol–water partition coefficient (Wildman–Crippen LogP) is 3.16. The number of halogens is 2. The number of ether oxygens (including phenoxy) is 1. The Morgan fingerprint density at radius 1 is 1.04 bits per heavy atom. The van der Waals surface area contributed by atoms with E-state index in [-0.39, 0.29) is 16.1 Å². The number of hydrogen-bond acceptors (Lipinski definition) is 5. The maximum atomic E-state index is 12.4. The SMILES string of the molecule is C[C@@H](C(=O)OCC(=O)Nc1ccc(Cl)c(Cl)c1)N1C(=O)c2ccccc2C1=O. The number of carbonyl (C=O) groups is 4. The molecule has 3 rings (SSSR count). The number of imide groups is 1. The first-order chi connectivity index (χ1) is 13.3. The molecule has 7 nitrogen and oxygen atoms in total. The van der Waals surface area contributed by atoms with E-state index in [4.69, 9.17) is 27.9 Å². The Kier molecular flexibility index (Phi) is 5.67. The van der Waals surface area contributed by atoms with Gasteiger partial charge in [0, 0.05) is 5.69 Å². The van der Waals surface area contributed by atoms with Crippen LogP contribution in [0.15, 0.2) is 42.5 Å². The Hall–Kier alpha value is -2.90. The van der Waals surface area contributed by atoms with Gasteiger partial charge in [-0.1, -0.05) is 35.3 Å². The Labute approximate surface area is 170 Å². The van der Waals surface area contributed by atoms with E-state index in [2.05, 4.69) is 5.32 Å². The largest absolute Gasteiger partial charge is 0.454 e. The normalized spacial score (nSPS) is 13.9. The summed E-state index contributed by atoms with van der Waals surface area (Å²) in [7, 11) is 0. The van der Waals surface area contributed by atoms with Crippen LogP contribution in [0, 0.1) is 0 Å². The summed E-state index contributed by atoms with van der Waals surface area (Å²) in [5.74, 6) is -2.64. The summed E-state index contributed by atoms with van der Waals surface area (Å²) in [5.41, 5.74) is 0.831. The summed E-state index contributed by atoms with van der Waals surface area (Å²) < 4.78 is 4.94. The predicted molar refractivity (Wildman–Crippen MR) is 102 cm³/mol. The van der Waals surface area contributed by atoms with E-state index in [9.17, 15) is 19.2 Å². The van der Waals surface area contributed by atoms with Crippen molar-refractivity contribution in [2.24, 2.45) is 0 Å². The van der Waals surface area contributed by atoms with Crippen molar-refractivity contribution in [3.05, 3.63) is 63.6 Å². The van der Waals surface area contributed by atoms with Gasteiger partial charge in [0.1, 0.15) is 6.04 Å². The van der Waals surface area contributed by atoms with Gasteiger partial charge in [-0.3, -0.25) is 19.3 Å². The van der Waals surface area contributed by atoms with Crippen molar-refractivity contribution < 1.29 is 23.9 Å². The van der Waals surface area contributed by atoms with Gasteiger partial charge in [0.25, 0.3) is 17.7 Å². The molecule has 2 aromatic rings. The van der Waals surface area contributed by atoms with E-state index >= 15 is 0 Å². The lowest BCUT2D eigenvalue weighted by Gasteiger charge is -2.20. The molecule has 1 heterocycles. The topological polar surface area (TPSA) is 92.8 Å². The van der Waals surface area contributed by atoms with Gasteiger partial charge in [-0.2, -0.15) is 0 Å². The van der Waals surface area contributed by atoms with Gasteiger partial charge in [0.05, 0.1) is 21.2 Å². The van der Waals surface area contributed by atoms with E-state index in [0.717, 1.165) is 4.90 Å². The maximum Gasteiger partial charge on any atom is 0.329 e. The number of nitrogens with one attached hydrogen (secondary N) is 1.